The van der Waals surface area contributed by atoms with Gasteiger partial charge in [-0.1, -0.05) is 13.8 Å². The Morgan fingerprint density at radius 2 is 1.67 bits per heavy atom. The van der Waals surface area contributed by atoms with E-state index < -0.39 is 0 Å². The molecule has 1 heterocycles. The van der Waals surface area contributed by atoms with E-state index in [0.29, 0.717) is 11.4 Å². The van der Waals surface area contributed by atoms with Crippen LogP contribution in [-0.4, -0.2) is 62.2 Å². The van der Waals surface area contributed by atoms with Crippen LogP contribution in [0.3, 0.4) is 0 Å². The summed E-state index contributed by atoms with van der Waals surface area (Å²) in [5.41, 5.74) is 14.2. The van der Waals surface area contributed by atoms with Gasteiger partial charge in [-0.05, 0) is 31.3 Å². The van der Waals surface area contributed by atoms with Gasteiger partial charge in [-0.2, -0.15) is 0 Å². The topological polar surface area (TPSA) is 61.8 Å². The van der Waals surface area contributed by atoms with Crippen molar-refractivity contribution in [2.45, 2.75) is 13.8 Å². The van der Waals surface area contributed by atoms with Gasteiger partial charge in [0.25, 0.3) is 0 Å². The van der Waals surface area contributed by atoms with E-state index in [-0.39, 0.29) is 0 Å². The molecule has 0 aromatic heterocycles. The molecular weight excluding hydrogens is 262 g/mol. The molecule has 0 aliphatic carbocycles. The number of benzene rings is 1. The van der Waals surface area contributed by atoms with Crippen molar-refractivity contribution in [3.8, 4) is 0 Å². The molecule has 0 atom stereocenters. The summed E-state index contributed by atoms with van der Waals surface area (Å²) in [6, 6.07) is 5.95. The quantitative estimate of drug-likeness (QED) is 0.774. The molecule has 1 aromatic carbocycles. The van der Waals surface area contributed by atoms with E-state index >= 15 is 0 Å². The highest BCUT2D eigenvalue weighted by Crippen LogP contribution is 2.23. The largest absolute Gasteiger partial charge is 0.397 e. The molecule has 5 heteroatoms. The molecule has 118 valence electrons. The molecule has 1 aromatic rings. The number of hydrogen-bond acceptors (Lipinski definition) is 5. The highest BCUT2D eigenvalue weighted by atomic mass is 15.3. The van der Waals surface area contributed by atoms with Crippen LogP contribution in [0.4, 0.5) is 17.1 Å². The molecule has 2 rings (SSSR count). The van der Waals surface area contributed by atoms with Crippen LogP contribution in [0.5, 0.6) is 0 Å². The zero-order valence-electron chi connectivity index (χ0n) is 13.4. The molecule has 0 saturated carbocycles. The predicted molar refractivity (Wildman–Crippen MR) is 91.7 cm³/mol. The van der Waals surface area contributed by atoms with Gasteiger partial charge in [0.05, 0.1) is 11.4 Å². The van der Waals surface area contributed by atoms with E-state index in [1.807, 2.05) is 12.1 Å². The fourth-order valence-electron chi connectivity index (χ4n) is 2.81. The summed E-state index contributed by atoms with van der Waals surface area (Å²) in [5, 5.41) is 0. The lowest BCUT2D eigenvalue weighted by Gasteiger charge is -2.37. The standard InChI is InChI=1S/C16H29N5/c1-3-19(4-2)7-8-20-9-11-21(12-10-20)14-5-6-15(17)16(18)13-14/h5-6,13H,3-4,7-12,17-18H2,1-2H3. The van der Waals surface area contributed by atoms with E-state index in [4.69, 9.17) is 11.5 Å². The van der Waals surface area contributed by atoms with Gasteiger partial charge in [-0.25, -0.2) is 0 Å². The van der Waals surface area contributed by atoms with Crippen molar-refractivity contribution in [1.82, 2.24) is 9.80 Å². The van der Waals surface area contributed by atoms with Crippen molar-refractivity contribution in [2.75, 3.05) is 68.7 Å². The van der Waals surface area contributed by atoms with Crippen LogP contribution in [0, 0.1) is 0 Å². The molecular formula is C16H29N5. The predicted octanol–water partition coefficient (Wildman–Crippen LogP) is 1.31. The molecule has 0 bridgehead atoms. The maximum Gasteiger partial charge on any atom is 0.0568 e. The van der Waals surface area contributed by atoms with Gasteiger partial charge in [-0.15, -0.1) is 0 Å². The van der Waals surface area contributed by atoms with Crippen molar-refractivity contribution in [3.05, 3.63) is 18.2 Å². The van der Waals surface area contributed by atoms with Crippen LogP contribution >= 0.6 is 0 Å². The van der Waals surface area contributed by atoms with Gasteiger partial charge in [-0.3, -0.25) is 4.90 Å². The number of nitrogens with two attached hydrogens (primary N) is 2. The Kier molecular flexibility index (Phi) is 5.70. The first-order valence-electron chi connectivity index (χ1n) is 7.98. The first-order valence-corrected chi connectivity index (χ1v) is 7.98. The normalized spacial score (nSPS) is 16.6. The SMILES string of the molecule is CCN(CC)CCN1CCN(c2ccc(N)c(N)c2)CC1. The number of hydrogen-bond donors (Lipinski definition) is 2. The summed E-state index contributed by atoms with van der Waals surface area (Å²) >= 11 is 0. The maximum absolute atomic E-state index is 5.90. The summed E-state index contributed by atoms with van der Waals surface area (Å²) in [7, 11) is 0. The van der Waals surface area contributed by atoms with Crippen molar-refractivity contribution in [2.24, 2.45) is 0 Å². The van der Waals surface area contributed by atoms with E-state index in [9.17, 15) is 0 Å². The fourth-order valence-corrected chi connectivity index (χ4v) is 2.81. The molecule has 1 fully saturated rings. The smallest absolute Gasteiger partial charge is 0.0568 e. The lowest BCUT2D eigenvalue weighted by Crippen LogP contribution is -2.48. The van der Waals surface area contributed by atoms with Crippen LogP contribution in [0.15, 0.2) is 18.2 Å². The van der Waals surface area contributed by atoms with Gasteiger partial charge in [0.2, 0.25) is 0 Å². The third kappa shape index (κ3) is 4.25. The number of nitrogen functional groups attached to an aromatic ring is 2. The Hall–Kier alpha value is -1.46. The van der Waals surface area contributed by atoms with Crippen molar-refractivity contribution in [1.29, 1.82) is 0 Å². The molecule has 5 nitrogen and oxygen atoms in total. The second-order valence-electron chi connectivity index (χ2n) is 5.67. The first kappa shape index (κ1) is 15.9. The number of rotatable bonds is 6. The number of piperazine rings is 1. The van der Waals surface area contributed by atoms with E-state index in [0.717, 1.165) is 39.3 Å². The minimum atomic E-state index is 0.664. The van der Waals surface area contributed by atoms with Crippen molar-refractivity contribution >= 4 is 17.1 Å². The van der Waals surface area contributed by atoms with Gasteiger partial charge in [0, 0.05) is 45.0 Å². The molecule has 0 unspecified atom stereocenters. The molecule has 0 amide bonds. The molecule has 4 N–H and O–H groups in total. The Morgan fingerprint density at radius 3 is 2.24 bits per heavy atom. The minimum absolute atomic E-state index is 0.664. The minimum Gasteiger partial charge on any atom is -0.397 e. The summed E-state index contributed by atoms with van der Waals surface area (Å²) in [4.78, 5) is 7.42. The van der Waals surface area contributed by atoms with Gasteiger partial charge >= 0.3 is 0 Å². The van der Waals surface area contributed by atoms with Crippen molar-refractivity contribution in [3.63, 3.8) is 0 Å². The Labute approximate surface area is 128 Å². The molecule has 1 aliphatic heterocycles. The number of anilines is 3. The number of likely N-dealkylation sites (N-methyl/N-ethyl adjacent to an activating group) is 1. The van der Waals surface area contributed by atoms with Crippen molar-refractivity contribution < 1.29 is 0 Å². The maximum atomic E-state index is 5.90. The zero-order valence-corrected chi connectivity index (χ0v) is 13.4. The highest BCUT2D eigenvalue weighted by molar-refractivity contribution is 5.69. The average Bonchev–Trinajstić information content (AvgIpc) is 2.52. The Morgan fingerprint density at radius 1 is 1.00 bits per heavy atom. The van der Waals surface area contributed by atoms with E-state index in [1.54, 1.807) is 0 Å². The van der Waals surface area contributed by atoms with Crippen LogP contribution in [-0.2, 0) is 0 Å². The van der Waals surface area contributed by atoms with E-state index in [2.05, 4.69) is 34.6 Å². The Bertz CT molecular complexity index is 436. The second-order valence-corrected chi connectivity index (χ2v) is 5.67. The van der Waals surface area contributed by atoms with Gasteiger partial charge < -0.3 is 21.3 Å². The lowest BCUT2D eigenvalue weighted by atomic mass is 10.2. The van der Waals surface area contributed by atoms with E-state index in [1.165, 1.54) is 18.8 Å². The third-order valence-corrected chi connectivity index (χ3v) is 4.43. The van der Waals surface area contributed by atoms with Crippen LogP contribution in [0.1, 0.15) is 13.8 Å². The average molecular weight is 291 g/mol. The summed E-state index contributed by atoms with van der Waals surface area (Å²) in [5.74, 6) is 0. The summed E-state index contributed by atoms with van der Waals surface area (Å²) in [6.45, 7) is 13.4. The van der Waals surface area contributed by atoms with Crippen LogP contribution in [0.2, 0.25) is 0 Å². The molecule has 0 spiro atoms. The first-order chi connectivity index (χ1) is 10.1. The highest BCUT2D eigenvalue weighted by Gasteiger charge is 2.17. The van der Waals surface area contributed by atoms with Gasteiger partial charge in [0.15, 0.2) is 0 Å². The lowest BCUT2D eigenvalue weighted by molar-refractivity contribution is 0.206. The molecule has 1 aliphatic rings. The molecule has 1 saturated heterocycles. The fraction of sp³-hybridized carbons (Fsp3) is 0.625. The van der Waals surface area contributed by atoms with Crippen LogP contribution < -0.4 is 16.4 Å². The molecule has 0 radical (unpaired) electrons. The summed E-state index contributed by atoms with van der Waals surface area (Å²) in [6.07, 6.45) is 0. The zero-order chi connectivity index (χ0) is 15.2. The summed E-state index contributed by atoms with van der Waals surface area (Å²) < 4.78 is 0. The monoisotopic (exact) mass is 291 g/mol. The van der Waals surface area contributed by atoms with Gasteiger partial charge in [0.1, 0.15) is 0 Å². The molecule has 21 heavy (non-hydrogen) atoms. The number of nitrogens with zero attached hydrogens (tertiary/aromatic N) is 3. The second kappa shape index (κ2) is 7.52. The third-order valence-electron chi connectivity index (χ3n) is 4.43. The van der Waals surface area contributed by atoms with Crippen LogP contribution in [0.25, 0.3) is 0 Å². The Balaban J connectivity index is 1.81.